The van der Waals surface area contributed by atoms with Gasteiger partial charge in [0.1, 0.15) is 22.8 Å². The molecule has 0 amide bonds. The fraction of sp³-hybridized carbons (Fsp3) is 0.316. The van der Waals surface area contributed by atoms with Gasteiger partial charge in [-0.1, -0.05) is 12.1 Å². The number of anilines is 1. The molecule has 1 aliphatic heterocycles. The van der Waals surface area contributed by atoms with Crippen LogP contribution in [0.4, 0.5) is 5.82 Å². The molecule has 5 nitrogen and oxygen atoms in total. The lowest BCUT2D eigenvalue weighted by molar-refractivity contribution is 0.674. The molecule has 1 unspecified atom stereocenters. The molecule has 126 valence electrons. The van der Waals surface area contributed by atoms with Gasteiger partial charge in [0.05, 0.1) is 22.5 Å². The average molecular weight is 349 g/mol. The second-order valence-electron chi connectivity index (χ2n) is 6.65. The molecule has 0 saturated carbocycles. The Hall–Kier alpha value is -2.47. The van der Waals surface area contributed by atoms with E-state index in [0.29, 0.717) is 0 Å². The maximum atomic E-state index is 4.84. The molecule has 3 aromatic heterocycles. The van der Waals surface area contributed by atoms with Crippen LogP contribution < -0.4 is 4.90 Å². The average Bonchev–Trinajstić information content (AvgIpc) is 3.32. The third-order valence-electron chi connectivity index (χ3n) is 5.19. The first kappa shape index (κ1) is 14.8. The number of aromatic nitrogens is 4. The summed E-state index contributed by atoms with van der Waals surface area (Å²) in [4.78, 5) is 22.3. The largest absolute Gasteiger partial charge is 0.346 e. The van der Waals surface area contributed by atoms with Crippen LogP contribution in [0.15, 0.2) is 30.6 Å². The summed E-state index contributed by atoms with van der Waals surface area (Å²) in [6.45, 7) is 5.33. The predicted molar refractivity (Wildman–Crippen MR) is 102 cm³/mol. The highest BCUT2D eigenvalue weighted by molar-refractivity contribution is 7.18. The molecule has 1 aliphatic rings. The number of nitrogens with one attached hydrogen (secondary N) is 1. The molecule has 1 aromatic carbocycles. The number of rotatable bonds is 2. The molecule has 0 bridgehead atoms. The summed E-state index contributed by atoms with van der Waals surface area (Å²) < 4.78 is 0. The zero-order chi connectivity index (χ0) is 17.0. The molecule has 25 heavy (non-hydrogen) atoms. The maximum Gasteiger partial charge on any atom is 0.141 e. The van der Waals surface area contributed by atoms with E-state index in [4.69, 9.17) is 4.98 Å². The number of hydrogen-bond donors (Lipinski definition) is 1. The van der Waals surface area contributed by atoms with Gasteiger partial charge in [-0.15, -0.1) is 11.3 Å². The SMILES string of the molecule is Cc1sc2ncnc(N3CCCC3c3nc4ccccc4[nH]3)c2c1C. The molecule has 1 fully saturated rings. The highest BCUT2D eigenvalue weighted by atomic mass is 32.1. The maximum absolute atomic E-state index is 4.84. The molecule has 4 aromatic rings. The second-order valence-corrected chi connectivity index (χ2v) is 7.85. The van der Waals surface area contributed by atoms with Crippen LogP contribution in [-0.4, -0.2) is 26.5 Å². The van der Waals surface area contributed by atoms with Crippen molar-refractivity contribution in [3.8, 4) is 0 Å². The van der Waals surface area contributed by atoms with Gasteiger partial charge in [-0.2, -0.15) is 0 Å². The molecule has 5 rings (SSSR count). The lowest BCUT2D eigenvalue weighted by atomic mass is 10.1. The van der Waals surface area contributed by atoms with Crippen LogP contribution in [0, 0.1) is 13.8 Å². The molecule has 0 spiro atoms. The minimum atomic E-state index is 0.241. The van der Waals surface area contributed by atoms with Crippen molar-refractivity contribution in [3.63, 3.8) is 0 Å². The Balaban J connectivity index is 1.64. The Labute approximate surface area is 149 Å². The van der Waals surface area contributed by atoms with Gasteiger partial charge in [0.25, 0.3) is 0 Å². The third kappa shape index (κ3) is 2.24. The van der Waals surface area contributed by atoms with Gasteiger partial charge in [-0.25, -0.2) is 15.0 Å². The Morgan fingerprint density at radius 1 is 1.20 bits per heavy atom. The Kier molecular flexibility index (Phi) is 3.28. The molecule has 1 atom stereocenters. The molecular weight excluding hydrogens is 330 g/mol. The highest BCUT2D eigenvalue weighted by Crippen LogP contribution is 2.40. The van der Waals surface area contributed by atoms with Crippen LogP contribution in [0.25, 0.3) is 21.3 Å². The van der Waals surface area contributed by atoms with E-state index in [1.165, 1.54) is 15.8 Å². The minimum absolute atomic E-state index is 0.241. The Morgan fingerprint density at radius 3 is 2.96 bits per heavy atom. The molecule has 1 saturated heterocycles. The van der Waals surface area contributed by atoms with Crippen LogP contribution in [0.5, 0.6) is 0 Å². The number of imidazole rings is 1. The summed E-state index contributed by atoms with van der Waals surface area (Å²) in [6, 6.07) is 8.46. The van der Waals surface area contributed by atoms with E-state index in [1.54, 1.807) is 17.7 Å². The molecular formula is C19H19N5S. The number of para-hydroxylation sites is 2. The van der Waals surface area contributed by atoms with Crippen LogP contribution >= 0.6 is 11.3 Å². The number of benzene rings is 1. The number of fused-ring (bicyclic) bond motifs is 2. The summed E-state index contributed by atoms with van der Waals surface area (Å²) in [5.41, 5.74) is 3.42. The van der Waals surface area contributed by atoms with Gasteiger partial charge in [0.15, 0.2) is 0 Å². The lowest BCUT2D eigenvalue weighted by Gasteiger charge is -2.25. The second kappa shape index (κ2) is 5.52. The zero-order valence-electron chi connectivity index (χ0n) is 14.3. The molecule has 0 radical (unpaired) electrons. The van der Waals surface area contributed by atoms with Gasteiger partial charge in [0, 0.05) is 11.4 Å². The quantitative estimate of drug-likeness (QED) is 0.578. The van der Waals surface area contributed by atoms with Crippen molar-refractivity contribution in [1.82, 2.24) is 19.9 Å². The fourth-order valence-corrected chi connectivity index (χ4v) is 4.81. The van der Waals surface area contributed by atoms with E-state index in [2.05, 4.69) is 45.8 Å². The molecule has 6 heteroatoms. The number of thiophene rings is 1. The lowest BCUT2D eigenvalue weighted by Crippen LogP contribution is -2.24. The number of nitrogens with zero attached hydrogens (tertiary/aromatic N) is 4. The Morgan fingerprint density at radius 2 is 2.08 bits per heavy atom. The van der Waals surface area contributed by atoms with Gasteiger partial charge in [-0.3, -0.25) is 0 Å². The van der Waals surface area contributed by atoms with Crippen molar-refractivity contribution < 1.29 is 0 Å². The van der Waals surface area contributed by atoms with Crippen molar-refractivity contribution in [2.75, 3.05) is 11.4 Å². The van der Waals surface area contributed by atoms with Crippen molar-refractivity contribution in [2.45, 2.75) is 32.7 Å². The monoisotopic (exact) mass is 349 g/mol. The minimum Gasteiger partial charge on any atom is -0.346 e. The number of aryl methyl sites for hydroxylation is 2. The number of hydrogen-bond acceptors (Lipinski definition) is 5. The van der Waals surface area contributed by atoms with E-state index in [9.17, 15) is 0 Å². The highest BCUT2D eigenvalue weighted by Gasteiger charge is 2.31. The summed E-state index contributed by atoms with van der Waals surface area (Å²) in [5, 5.41) is 1.20. The smallest absolute Gasteiger partial charge is 0.141 e. The van der Waals surface area contributed by atoms with E-state index in [1.807, 2.05) is 12.1 Å². The van der Waals surface area contributed by atoms with Crippen molar-refractivity contribution in [1.29, 1.82) is 0 Å². The van der Waals surface area contributed by atoms with Gasteiger partial charge in [-0.05, 0) is 44.4 Å². The number of aromatic amines is 1. The van der Waals surface area contributed by atoms with Crippen LogP contribution in [0.2, 0.25) is 0 Å². The normalized spacial score (nSPS) is 17.8. The van der Waals surface area contributed by atoms with E-state index in [0.717, 1.165) is 46.9 Å². The van der Waals surface area contributed by atoms with Gasteiger partial charge in [0.2, 0.25) is 0 Å². The first-order valence-corrected chi connectivity index (χ1v) is 9.46. The van der Waals surface area contributed by atoms with E-state index in [-0.39, 0.29) is 6.04 Å². The molecule has 4 heterocycles. The fourth-order valence-electron chi connectivity index (χ4n) is 3.82. The first-order valence-electron chi connectivity index (χ1n) is 8.64. The van der Waals surface area contributed by atoms with Crippen LogP contribution in [0.3, 0.4) is 0 Å². The van der Waals surface area contributed by atoms with Crippen molar-refractivity contribution in [3.05, 3.63) is 46.9 Å². The molecule has 0 aliphatic carbocycles. The van der Waals surface area contributed by atoms with E-state index < -0.39 is 0 Å². The summed E-state index contributed by atoms with van der Waals surface area (Å²) in [5.74, 6) is 2.09. The van der Waals surface area contributed by atoms with Crippen molar-refractivity contribution in [2.24, 2.45) is 0 Å². The molecule has 1 N–H and O–H groups in total. The van der Waals surface area contributed by atoms with Gasteiger partial charge >= 0.3 is 0 Å². The third-order valence-corrected chi connectivity index (χ3v) is 6.31. The summed E-state index contributed by atoms with van der Waals surface area (Å²) in [6.07, 6.45) is 3.93. The predicted octanol–water partition coefficient (Wildman–Crippen LogP) is 4.53. The van der Waals surface area contributed by atoms with Crippen LogP contribution in [0.1, 0.15) is 35.1 Å². The zero-order valence-corrected chi connectivity index (χ0v) is 15.1. The van der Waals surface area contributed by atoms with Crippen LogP contribution in [-0.2, 0) is 0 Å². The van der Waals surface area contributed by atoms with E-state index >= 15 is 0 Å². The van der Waals surface area contributed by atoms with Crippen molar-refractivity contribution >= 4 is 38.4 Å². The topological polar surface area (TPSA) is 57.7 Å². The Bertz CT molecular complexity index is 1050. The first-order chi connectivity index (χ1) is 12.2. The number of H-pyrrole nitrogens is 1. The summed E-state index contributed by atoms with van der Waals surface area (Å²) >= 11 is 1.75. The standard InChI is InChI=1S/C19H19N5S/c1-11-12(2)25-19-16(11)18(20-10-21-19)24-9-5-8-15(24)17-22-13-6-3-4-7-14(13)23-17/h3-4,6-7,10,15H,5,8-9H2,1-2H3,(H,22,23). The summed E-state index contributed by atoms with van der Waals surface area (Å²) in [7, 11) is 0. The van der Waals surface area contributed by atoms with Gasteiger partial charge < -0.3 is 9.88 Å².